The highest BCUT2D eigenvalue weighted by Crippen LogP contribution is 2.30. The number of rotatable bonds is 4. The van der Waals surface area contributed by atoms with Crippen molar-refractivity contribution in [2.24, 2.45) is 5.92 Å². The van der Waals surface area contributed by atoms with Gasteiger partial charge in [0.15, 0.2) is 5.82 Å². The van der Waals surface area contributed by atoms with Crippen molar-refractivity contribution in [2.45, 2.75) is 25.7 Å². The van der Waals surface area contributed by atoms with Crippen LogP contribution in [0.25, 0.3) is 11.4 Å². The van der Waals surface area contributed by atoms with Gasteiger partial charge in [0.25, 0.3) is 0 Å². The van der Waals surface area contributed by atoms with Crippen molar-refractivity contribution in [1.82, 2.24) is 14.8 Å². The van der Waals surface area contributed by atoms with E-state index < -0.39 is 0 Å². The summed E-state index contributed by atoms with van der Waals surface area (Å²) in [5.74, 6) is 2.33. The zero-order valence-corrected chi connectivity index (χ0v) is 14.6. The number of nitrogens with zero attached hydrogens (tertiary/aromatic N) is 3. The van der Waals surface area contributed by atoms with Gasteiger partial charge in [-0.2, -0.15) is 0 Å². The third-order valence-electron chi connectivity index (χ3n) is 2.67. The van der Waals surface area contributed by atoms with Crippen LogP contribution in [0.15, 0.2) is 22.7 Å². The molecule has 0 unspecified atom stereocenters. The molecule has 2 aromatic rings. The molecular formula is C13H14Br2ClN3. The second-order valence-electron chi connectivity index (χ2n) is 4.70. The van der Waals surface area contributed by atoms with E-state index in [0.29, 0.717) is 16.3 Å². The third-order valence-corrected chi connectivity index (χ3v) is 4.06. The topological polar surface area (TPSA) is 30.7 Å². The normalized spacial score (nSPS) is 11.3. The Balaban J connectivity index is 2.52. The molecule has 0 amide bonds. The SMILES string of the molecule is CC(C)Cn1c(CBr)nnc1-c1ccc(Cl)cc1Br. The number of hydrogen-bond acceptors (Lipinski definition) is 2. The summed E-state index contributed by atoms with van der Waals surface area (Å²) < 4.78 is 3.08. The van der Waals surface area contributed by atoms with E-state index >= 15 is 0 Å². The zero-order chi connectivity index (χ0) is 14.0. The van der Waals surface area contributed by atoms with Crippen molar-refractivity contribution in [2.75, 3.05) is 0 Å². The molecule has 0 saturated heterocycles. The van der Waals surface area contributed by atoms with Crippen LogP contribution in [0.4, 0.5) is 0 Å². The molecule has 0 N–H and O–H groups in total. The summed E-state index contributed by atoms with van der Waals surface area (Å²) in [5.41, 5.74) is 1.00. The fourth-order valence-corrected chi connectivity index (χ4v) is 3.14. The van der Waals surface area contributed by atoms with Crippen molar-refractivity contribution in [3.8, 4) is 11.4 Å². The Kier molecular flexibility index (Phi) is 5.03. The Morgan fingerprint density at radius 2 is 2.05 bits per heavy atom. The molecule has 0 saturated carbocycles. The molecular weight excluding hydrogens is 393 g/mol. The molecule has 102 valence electrons. The smallest absolute Gasteiger partial charge is 0.165 e. The van der Waals surface area contributed by atoms with Crippen LogP contribution in [0.5, 0.6) is 0 Å². The monoisotopic (exact) mass is 405 g/mol. The lowest BCUT2D eigenvalue weighted by Crippen LogP contribution is -2.09. The molecule has 0 atom stereocenters. The third kappa shape index (κ3) is 3.38. The van der Waals surface area contributed by atoms with Crippen LogP contribution in [-0.4, -0.2) is 14.8 Å². The van der Waals surface area contributed by atoms with Gasteiger partial charge < -0.3 is 4.57 Å². The molecule has 1 aromatic heterocycles. The van der Waals surface area contributed by atoms with Crippen LogP contribution < -0.4 is 0 Å². The van der Waals surface area contributed by atoms with E-state index in [-0.39, 0.29) is 0 Å². The minimum Gasteiger partial charge on any atom is -0.310 e. The summed E-state index contributed by atoms with van der Waals surface area (Å²) in [6.07, 6.45) is 0. The maximum Gasteiger partial charge on any atom is 0.165 e. The Labute approximate surface area is 134 Å². The Morgan fingerprint density at radius 3 is 2.63 bits per heavy atom. The molecule has 1 aromatic carbocycles. The Bertz CT molecular complexity index is 581. The summed E-state index contributed by atoms with van der Waals surface area (Å²) >= 11 is 13.0. The molecule has 6 heteroatoms. The van der Waals surface area contributed by atoms with Crippen molar-refractivity contribution in [1.29, 1.82) is 0 Å². The van der Waals surface area contributed by atoms with Crippen molar-refractivity contribution < 1.29 is 0 Å². The van der Waals surface area contributed by atoms with E-state index in [1.54, 1.807) is 0 Å². The van der Waals surface area contributed by atoms with Gasteiger partial charge >= 0.3 is 0 Å². The van der Waals surface area contributed by atoms with Crippen LogP contribution in [0, 0.1) is 5.92 Å². The number of hydrogen-bond donors (Lipinski definition) is 0. The highest BCUT2D eigenvalue weighted by atomic mass is 79.9. The number of halogens is 3. The van der Waals surface area contributed by atoms with E-state index in [1.165, 1.54) is 0 Å². The predicted molar refractivity (Wildman–Crippen MR) is 85.6 cm³/mol. The number of benzene rings is 1. The molecule has 0 aliphatic carbocycles. The molecule has 19 heavy (non-hydrogen) atoms. The first-order valence-corrected chi connectivity index (χ1v) is 8.25. The highest BCUT2D eigenvalue weighted by Gasteiger charge is 2.16. The largest absolute Gasteiger partial charge is 0.310 e. The summed E-state index contributed by atoms with van der Waals surface area (Å²) in [6, 6.07) is 5.70. The zero-order valence-electron chi connectivity index (χ0n) is 10.7. The van der Waals surface area contributed by atoms with E-state index in [9.17, 15) is 0 Å². The van der Waals surface area contributed by atoms with Gasteiger partial charge in [-0.25, -0.2) is 0 Å². The molecule has 0 bridgehead atoms. The van der Waals surface area contributed by atoms with Gasteiger partial charge in [0.05, 0.1) is 5.33 Å². The summed E-state index contributed by atoms with van der Waals surface area (Å²) in [5, 5.41) is 9.94. The quantitative estimate of drug-likeness (QED) is 0.674. The van der Waals surface area contributed by atoms with E-state index in [0.717, 1.165) is 28.2 Å². The summed E-state index contributed by atoms with van der Waals surface area (Å²) in [6.45, 7) is 5.25. The Hall–Kier alpha value is -0.390. The fourth-order valence-electron chi connectivity index (χ4n) is 1.86. The van der Waals surface area contributed by atoms with E-state index in [4.69, 9.17) is 11.6 Å². The summed E-state index contributed by atoms with van der Waals surface area (Å²) in [4.78, 5) is 0. The van der Waals surface area contributed by atoms with Crippen molar-refractivity contribution in [3.05, 3.63) is 33.5 Å². The van der Waals surface area contributed by atoms with Gasteiger partial charge in [0, 0.05) is 21.6 Å². The van der Waals surface area contributed by atoms with Gasteiger partial charge in [0.2, 0.25) is 0 Å². The lowest BCUT2D eigenvalue weighted by atomic mass is 10.2. The van der Waals surface area contributed by atoms with E-state index in [1.807, 2.05) is 18.2 Å². The van der Waals surface area contributed by atoms with Gasteiger partial charge in [-0.05, 0) is 40.0 Å². The molecule has 2 rings (SSSR count). The second kappa shape index (κ2) is 6.37. The minimum atomic E-state index is 0.527. The molecule has 3 nitrogen and oxygen atoms in total. The maximum atomic E-state index is 5.98. The van der Waals surface area contributed by atoms with Crippen molar-refractivity contribution >= 4 is 43.5 Å². The molecule has 1 heterocycles. The average molecular weight is 408 g/mol. The van der Waals surface area contributed by atoms with Crippen LogP contribution in [-0.2, 0) is 11.9 Å². The highest BCUT2D eigenvalue weighted by molar-refractivity contribution is 9.10. The average Bonchev–Trinajstić information content (AvgIpc) is 2.71. The van der Waals surface area contributed by atoms with Gasteiger partial charge in [-0.3, -0.25) is 0 Å². The molecule has 0 radical (unpaired) electrons. The Morgan fingerprint density at radius 1 is 1.32 bits per heavy atom. The first kappa shape index (κ1) is 15.0. The van der Waals surface area contributed by atoms with Crippen LogP contribution in [0.2, 0.25) is 5.02 Å². The summed E-state index contributed by atoms with van der Waals surface area (Å²) in [7, 11) is 0. The maximum absolute atomic E-state index is 5.98. The molecule has 0 aliphatic heterocycles. The van der Waals surface area contributed by atoms with Crippen LogP contribution in [0.1, 0.15) is 19.7 Å². The second-order valence-corrected chi connectivity index (χ2v) is 6.55. The fraction of sp³-hybridized carbons (Fsp3) is 0.385. The molecule has 0 aliphatic rings. The lowest BCUT2D eigenvalue weighted by molar-refractivity contribution is 0.516. The standard InChI is InChI=1S/C13H14Br2ClN3/c1-8(2)7-19-12(6-14)17-18-13(19)10-4-3-9(16)5-11(10)15/h3-5,8H,6-7H2,1-2H3. The lowest BCUT2D eigenvalue weighted by Gasteiger charge is -2.12. The van der Waals surface area contributed by atoms with Gasteiger partial charge in [-0.1, -0.05) is 41.4 Å². The molecule has 0 fully saturated rings. The number of alkyl halides is 1. The van der Waals surface area contributed by atoms with E-state index in [2.05, 4.69) is 60.5 Å². The van der Waals surface area contributed by atoms with Gasteiger partial charge in [0.1, 0.15) is 5.82 Å². The van der Waals surface area contributed by atoms with Crippen LogP contribution >= 0.6 is 43.5 Å². The first-order valence-electron chi connectivity index (χ1n) is 5.96. The van der Waals surface area contributed by atoms with Crippen LogP contribution in [0.3, 0.4) is 0 Å². The predicted octanol–water partition coefficient (Wildman–Crippen LogP) is 4.91. The van der Waals surface area contributed by atoms with Crippen molar-refractivity contribution in [3.63, 3.8) is 0 Å². The van der Waals surface area contributed by atoms with Gasteiger partial charge in [-0.15, -0.1) is 10.2 Å². The first-order chi connectivity index (χ1) is 9.02. The molecule has 0 spiro atoms. The minimum absolute atomic E-state index is 0.527. The number of aromatic nitrogens is 3.